The average Bonchev–Trinajstić information content (AvgIpc) is 3.30. The Morgan fingerprint density at radius 2 is 1.74 bits per heavy atom. The number of halogens is 1. The van der Waals surface area contributed by atoms with Gasteiger partial charge in [0.15, 0.2) is 0 Å². The van der Waals surface area contributed by atoms with Gasteiger partial charge in [0.1, 0.15) is 12.2 Å². The molecule has 2 fully saturated rings. The number of hydrogen-bond acceptors (Lipinski definition) is 6. The van der Waals surface area contributed by atoms with Gasteiger partial charge in [-0.2, -0.15) is 4.39 Å². The molecule has 0 unspecified atom stereocenters. The van der Waals surface area contributed by atoms with Crippen LogP contribution in [0.3, 0.4) is 0 Å². The van der Waals surface area contributed by atoms with E-state index in [1.165, 1.54) is 6.07 Å². The Kier molecular flexibility index (Phi) is 6.16. The summed E-state index contributed by atoms with van der Waals surface area (Å²) in [5.41, 5.74) is 4.32. The molecule has 2 aliphatic heterocycles. The summed E-state index contributed by atoms with van der Waals surface area (Å²) in [4.78, 5) is 14.9. The lowest BCUT2D eigenvalue weighted by molar-refractivity contribution is 0.313. The number of nitrogens with zero attached hydrogens (tertiary/aromatic N) is 8. The number of benzene rings is 1. The monoisotopic (exact) mass is 460 g/mol. The van der Waals surface area contributed by atoms with Gasteiger partial charge in [0.2, 0.25) is 11.6 Å². The zero-order chi connectivity index (χ0) is 23.7. The summed E-state index contributed by atoms with van der Waals surface area (Å²) in [6, 6.07) is 7.25. The first-order valence-electron chi connectivity index (χ1n) is 11.7. The fraction of sp³-hybridized carbons (Fsp3) is 0.440. The molecule has 0 N–H and O–H groups in total. The number of rotatable bonds is 4. The van der Waals surface area contributed by atoms with Crippen LogP contribution in [0.15, 0.2) is 36.8 Å². The summed E-state index contributed by atoms with van der Waals surface area (Å²) in [5, 5.41) is 8.36. The van der Waals surface area contributed by atoms with E-state index in [-0.39, 0.29) is 0 Å². The zero-order valence-electron chi connectivity index (χ0n) is 19.7. The Labute approximate surface area is 199 Å². The molecule has 0 amide bonds. The SMILES string of the molecule is [C-]#[N+]c1c(N2CCN(C)CC2)ccc(-c2ccc(F)nc2)c1N1CCC(c2nncn2C)CC1. The maximum atomic E-state index is 13.6. The zero-order valence-corrected chi connectivity index (χ0v) is 19.7. The van der Waals surface area contributed by atoms with Gasteiger partial charge in [-0.05, 0) is 43.7 Å². The smallest absolute Gasteiger partial charge is 0.232 e. The highest BCUT2D eigenvalue weighted by Crippen LogP contribution is 2.47. The second-order valence-corrected chi connectivity index (χ2v) is 9.16. The summed E-state index contributed by atoms with van der Waals surface area (Å²) in [6.07, 6.45) is 5.18. The van der Waals surface area contributed by atoms with Crippen molar-refractivity contribution in [2.24, 2.45) is 7.05 Å². The number of anilines is 2. The van der Waals surface area contributed by atoms with Crippen LogP contribution in [0.5, 0.6) is 0 Å². The molecule has 2 saturated heterocycles. The second-order valence-electron chi connectivity index (χ2n) is 9.16. The fourth-order valence-corrected chi connectivity index (χ4v) is 5.09. The standard InChI is InChI=1S/C25H29FN8/c1-27-23-21(33-14-12-31(2)13-15-33)6-5-20(19-4-7-22(26)28-16-19)24(23)34-10-8-18(9-11-34)25-30-29-17-32(25)3/h4-7,16-18H,8-15H2,2-3H3. The van der Waals surface area contributed by atoms with Gasteiger partial charge in [0.25, 0.3) is 0 Å². The van der Waals surface area contributed by atoms with E-state index in [2.05, 4.69) is 47.8 Å². The van der Waals surface area contributed by atoms with Crippen molar-refractivity contribution in [1.82, 2.24) is 24.6 Å². The van der Waals surface area contributed by atoms with Crippen LogP contribution >= 0.6 is 0 Å². The van der Waals surface area contributed by atoms with Crippen LogP contribution in [-0.4, -0.2) is 71.0 Å². The molecule has 9 heteroatoms. The number of hydrogen-bond donors (Lipinski definition) is 0. The van der Waals surface area contributed by atoms with E-state index in [0.29, 0.717) is 11.6 Å². The molecular weight excluding hydrogens is 431 g/mol. The maximum absolute atomic E-state index is 13.6. The van der Waals surface area contributed by atoms with E-state index in [9.17, 15) is 4.39 Å². The lowest BCUT2D eigenvalue weighted by Crippen LogP contribution is -2.44. The van der Waals surface area contributed by atoms with Crippen molar-refractivity contribution in [1.29, 1.82) is 0 Å². The molecule has 0 spiro atoms. The maximum Gasteiger partial charge on any atom is 0.232 e. The van der Waals surface area contributed by atoms with Crippen LogP contribution in [0.1, 0.15) is 24.6 Å². The van der Waals surface area contributed by atoms with E-state index in [4.69, 9.17) is 6.57 Å². The molecule has 5 rings (SSSR count). The normalized spacial score (nSPS) is 17.7. The minimum absolute atomic E-state index is 0.344. The summed E-state index contributed by atoms with van der Waals surface area (Å²) >= 11 is 0. The highest BCUT2D eigenvalue weighted by atomic mass is 19.1. The van der Waals surface area contributed by atoms with Crippen LogP contribution in [-0.2, 0) is 7.05 Å². The first-order chi connectivity index (χ1) is 16.5. The van der Waals surface area contributed by atoms with Gasteiger partial charge in [0.05, 0.1) is 12.3 Å². The largest absolute Gasteiger partial charge is 0.380 e. The highest BCUT2D eigenvalue weighted by molar-refractivity contribution is 5.95. The van der Waals surface area contributed by atoms with Gasteiger partial charge in [-0.3, -0.25) is 0 Å². The molecule has 0 saturated carbocycles. The third-order valence-corrected chi connectivity index (χ3v) is 7.05. The van der Waals surface area contributed by atoms with Crippen LogP contribution in [0, 0.1) is 12.5 Å². The Hall–Kier alpha value is -3.51. The van der Waals surface area contributed by atoms with Gasteiger partial charge >= 0.3 is 0 Å². The van der Waals surface area contributed by atoms with Crippen LogP contribution in [0.2, 0.25) is 0 Å². The summed E-state index contributed by atoms with van der Waals surface area (Å²) < 4.78 is 15.6. The molecule has 0 aliphatic carbocycles. The minimum Gasteiger partial charge on any atom is -0.380 e. The van der Waals surface area contributed by atoms with E-state index < -0.39 is 5.95 Å². The molecule has 0 radical (unpaired) electrons. The molecule has 1 aromatic carbocycles. The van der Waals surface area contributed by atoms with Gasteiger partial charge < -0.3 is 19.3 Å². The number of piperazine rings is 1. The molecule has 176 valence electrons. The van der Waals surface area contributed by atoms with E-state index in [0.717, 1.165) is 80.4 Å². The van der Waals surface area contributed by atoms with Crippen molar-refractivity contribution >= 4 is 17.1 Å². The number of pyridine rings is 1. The third kappa shape index (κ3) is 4.21. The molecule has 3 aromatic rings. The van der Waals surface area contributed by atoms with Crippen molar-refractivity contribution in [3.63, 3.8) is 0 Å². The van der Waals surface area contributed by atoms with Crippen LogP contribution < -0.4 is 9.80 Å². The Bertz CT molecular complexity index is 1180. The van der Waals surface area contributed by atoms with Crippen molar-refractivity contribution in [2.75, 3.05) is 56.1 Å². The Balaban J connectivity index is 1.53. The first-order valence-corrected chi connectivity index (χ1v) is 11.7. The summed E-state index contributed by atoms with van der Waals surface area (Å²) in [6.45, 7) is 13.5. The summed E-state index contributed by atoms with van der Waals surface area (Å²) in [5.74, 6) is 0.852. The van der Waals surface area contributed by atoms with E-state index in [1.807, 2.05) is 17.7 Å². The van der Waals surface area contributed by atoms with E-state index >= 15 is 0 Å². The number of likely N-dealkylation sites (N-methyl/N-ethyl adjacent to an activating group) is 1. The molecule has 4 heterocycles. The molecule has 2 aromatic heterocycles. The number of piperidine rings is 1. The highest BCUT2D eigenvalue weighted by Gasteiger charge is 2.29. The van der Waals surface area contributed by atoms with Crippen molar-refractivity contribution in [3.05, 3.63) is 60.0 Å². The van der Waals surface area contributed by atoms with Crippen molar-refractivity contribution in [2.45, 2.75) is 18.8 Å². The number of aromatic nitrogens is 4. The van der Waals surface area contributed by atoms with Gasteiger partial charge in [-0.25, -0.2) is 9.83 Å². The first kappa shape index (κ1) is 22.3. The van der Waals surface area contributed by atoms with Gasteiger partial charge in [0, 0.05) is 69.7 Å². The predicted octanol–water partition coefficient (Wildman–Crippen LogP) is 3.70. The van der Waals surface area contributed by atoms with Crippen LogP contribution in [0.25, 0.3) is 16.0 Å². The molecule has 0 bridgehead atoms. The third-order valence-electron chi connectivity index (χ3n) is 7.05. The summed E-state index contributed by atoms with van der Waals surface area (Å²) in [7, 11) is 4.11. The van der Waals surface area contributed by atoms with Crippen molar-refractivity contribution < 1.29 is 4.39 Å². The topological polar surface area (TPSA) is 57.7 Å². The number of aryl methyl sites for hydroxylation is 1. The van der Waals surface area contributed by atoms with E-state index in [1.54, 1.807) is 18.6 Å². The molecule has 34 heavy (non-hydrogen) atoms. The molecular formula is C25H29FN8. The second kappa shape index (κ2) is 9.39. The predicted molar refractivity (Wildman–Crippen MR) is 131 cm³/mol. The molecule has 0 atom stereocenters. The lowest BCUT2D eigenvalue weighted by atomic mass is 9.93. The lowest BCUT2D eigenvalue weighted by Gasteiger charge is -2.38. The Morgan fingerprint density at radius 3 is 2.35 bits per heavy atom. The Morgan fingerprint density at radius 1 is 0.971 bits per heavy atom. The van der Waals surface area contributed by atoms with Crippen LogP contribution in [0.4, 0.5) is 21.5 Å². The van der Waals surface area contributed by atoms with Gasteiger partial charge in [-0.1, -0.05) is 6.07 Å². The van der Waals surface area contributed by atoms with Gasteiger partial charge in [-0.15, -0.1) is 10.2 Å². The quantitative estimate of drug-likeness (QED) is 0.437. The molecule has 2 aliphatic rings. The van der Waals surface area contributed by atoms with Crippen molar-refractivity contribution in [3.8, 4) is 11.1 Å². The minimum atomic E-state index is -0.505. The average molecular weight is 461 g/mol. The molecule has 8 nitrogen and oxygen atoms in total. The fourth-order valence-electron chi connectivity index (χ4n) is 5.09.